The van der Waals surface area contributed by atoms with Crippen molar-refractivity contribution in [3.8, 4) is 0 Å². The van der Waals surface area contributed by atoms with Crippen molar-refractivity contribution in [1.82, 2.24) is 4.90 Å². The van der Waals surface area contributed by atoms with Gasteiger partial charge in [0, 0.05) is 6.04 Å². The molecule has 1 fully saturated rings. The first-order valence-electron chi connectivity index (χ1n) is 9.52. The molecule has 3 atom stereocenters. The normalized spacial score (nSPS) is 18.6. The van der Waals surface area contributed by atoms with Gasteiger partial charge in [-0.3, -0.25) is 4.79 Å². The molecule has 0 aliphatic carbocycles. The summed E-state index contributed by atoms with van der Waals surface area (Å²) in [5.74, 6) is -1.16. The highest BCUT2D eigenvalue weighted by Gasteiger charge is 2.40. The highest BCUT2D eigenvalue weighted by molar-refractivity contribution is 5.95. The predicted molar refractivity (Wildman–Crippen MR) is 105 cm³/mol. The van der Waals surface area contributed by atoms with Gasteiger partial charge in [-0.15, -0.1) is 0 Å². The lowest BCUT2D eigenvalue weighted by Gasteiger charge is -2.25. The third-order valence-corrected chi connectivity index (χ3v) is 5.01. The molecule has 0 spiro atoms. The Morgan fingerprint density at radius 3 is 2.32 bits per heavy atom. The van der Waals surface area contributed by atoms with Gasteiger partial charge in [0.25, 0.3) is 0 Å². The number of carbonyl (C=O) groups is 2. The maximum Gasteiger partial charge on any atom is 0.416 e. The fourth-order valence-electron chi connectivity index (χ4n) is 3.58. The third-order valence-electron chi connectivity index (χ3n) is 5.01. The molecule has 3 N–H and O–H groups in total. The molecule has 6 nitrogen and oxygen atoms in total. The number of amides is 2. The fraction of sp³-hybridized carbons (Fsp3) is 0.364. The van der Waals surface area contributed by atoms with E-state index in [-0.39, 0.29) is 25.3 Å². The van der Waals surface area contributed by atoms with Crippen molar-refractivity contribution in [2.75, 3.05) is 13.2 Å². The molecule has 2 aromatic carbocycles. The number of hydrogen-bond acceptors (Lipinski definition) is 5. The van der Waals surface area contributed by atoms with Gasteiger partial charge in [0.15, 0.2) is 0 Å². The Morgan fingerprint density at radius 2 is 1.71 bits per heavy atom. The highest BCUT2D eigenvalue weighted by atomic mass is 16.6. The topological polar surface area (TPSA) is 92.9 Å². The van der Waals surface area contributed by atoms with Crippen LogP contribution in [-0.2, 0) is 22.4 Å². The Bertz CT molecular complexity index is 782. The van der Waals surface area contributed by atoms with Crippen molar-refractivity contribution in [3.05, 3.63) is 71.8 Å². The molecule has 0 radical (unpaired) electrons. The zero-order valence-electron chi connectivity index (χ0n) is 15.7. The minimum absolute atomic E-state index is 0.160. The Morgan fingerprint density at radius 1 is 1.11 bits per heavy atom. The van der Waals surface area contributed by atoms with Crippen LogP contribution in [0.15, 0.2) is 60.7 Å². The van der Waals surface area contributed by atoms with Crippen LogP contribution in [0.1, 0.15) is 17.5 Å². The SMILES string of the molecule is N[C@@H](Cc1ccccc1)C[C@H](CO)C(=O)N1C(=O)OC[C@@H]1Cc1ccccc1. The van der Waals surface area contributed by atoms with Gasteiger partial charge in [-0.25, -0.2) is 9.69 Å². The van der Waals surface area contributed by atoms with Gasteiger partial charge in [0.2, 0.25) is 5.91 Å². The number of cyclic esters (lactones) is 1. The fourth-order valence-corrected chi connectivity index (χ4v) is 3.58. The molecule has 0 bridgehead atoms. The Hall–Kier alpha value is -2.70. The number of imide groups is 1. The quantitative estimate of drug-likeness (QED) is 0.730. The number of hydrogen-bond donors (Lipinski definition) is 2. The van der Waals surface area contributed by atoms with E-state index in [9.17, 15) is 14.7 Å². The van der Waals surface area contributed by atoms with Crippen LogP contribution in [0.3, 0.4) is 0 Å². The summed E-state index contributed by atoms with van der Waals surface area (Å²) < 4.78 is 5.12. The molecule has 1 heterocycles. The molecule has 2 amide bonds. The van der Waals surface area contributed by atoms with Crippen LogP contribution in [0.2, 0.25) is 0 Å². The molecule has 0 aromatic heterocycles. The van der Waals surface area contributed by atoms with E-state index in [0.717, 1.165) is 16.0 Å². The van der Waals surface area contributed by atoms with Gasteiger partial charge in [-0.1, -0.05) is 60.7 Å². The lowest BCUT2D eigenvalue weighted by atomic mass is 9.94. The van der Waals surface area contributed by atoms with Crippen LogP contribution in [0.25, 0.3) is 0 Å². The Labute approximate surface area is 164 Å². The van der Waals surface area contributed by atoms with Crippen LogP contribution >= 0.6 is 0 Å². The number of nitrogens with zero attached hydrogens (tertiary/aromatic N) is 1. The minimum atomic E-state index is -0.734. The van der Waals surface area contributed by atoms with Crippen molar-refractivity contribution < 1.29 is 19.4 Å². The van der Waals surface area contributed by atoms with E-state index in [1.54, 1.807) is 0 Å². The number of ether oxygens (including phenoxy) is 1. The number of rotatable bonds is 8. The van der Waals surface area contributed by atoms with E-state index in [1.165, 1.54) is 0 Å². The van der Waals surface area contributed by atoms with Crippen LogP contribution in [0.5, 0.6) is 0 Å². The second kappa shape index (κ2) is 9.48. The molecule has 1 aliphatic heterocycles. The first kappa shape index (κ1) is 20.0. The zero-order valence-corrected chi connectivity index (χ0v) is 15.7. The van der Waals surface area contributed by atoms with Crippen molar-refractivity contribution in [1.29, 1.82) is 0 Å². The number of aliphatic hydroxyl groups is 1. The molecule has 1 aliphatic rings. The van der Waals surface area contributed by atoms with E-state index in [4.69, 9.17) is 10.5 Å². The second-order valence-corrected chi connectivity index (χ2v) is 7.19. The Kier molecular flexibility index (Phi) is 6.79. The summed E-state index contributed by atoms with van der Waals surface area (Å²) in [4.78, 5) is 26.3. The maximum atomic E-state index is 13.0. The first-order chi connectivity index (χ1) is 13.6. The summed E-state index contributed by atoms with van der Waals surface area (Å²) in [6.45, 7) is -0.198. The standard InChI is InChI=1S/C22H26N2O4/c23-19(11-16-7-3-1-4-8-16)13-18(14-25)21(26)24-20(15-28-22(24)27)12-17-9-5-2-6-10-17/h1-10,18-20,25H,11-15,23H2/t18-,19+,20+/m1/s1. The van der Waals surface area contributed by atoms with Crippen molar-refractivity contribution in [2.45, 2.75) is 31.3 Å². The minimum Gasteiger partial charge on any atom is -0.447 e. The van der Waals surface area contributed by atoms with E-state index >= 15 is 0 Å². The number of benzene rings is 2. The van der Waals surface area contributed by atoms with Crippen molar-refractivity contribution in [3.63, 3.8) is 0 Å². The average molecular weight is 382 g/mol. The lowest BCUT2D eigenvalue weighted by Crippen LogP contribution is -2.46. The molecule has 1 saturated heterocycles. The summed E-state index contributed by atoms with van der Waals surface area (Å²) in [6.07, 6.45) is 0.766. The molecule has 0 saturated carbocycles. The van der Waals surface area contributed by atoms with E-state index in [2.05, 4.69) is 0 Å². The van der Waals surface area contributed by atoms with E-state index < -0.39 is 17.9 Å². The summed E-state index contributed by atoms with van der Waals surface area (Å²) in [5.41, 5.74) is 8.30. The van der Waals surface area contributed by atoms with E-state index in [0.29, 0.717) is 19.3 Å². The van der Waals surface area contributed by atoms with Gasteiger partial charge in [0.1, 0.15) is 6.61 Å². The molecule has 6 heteroatoms. The highest BCUT2D eigenvalue weighted by Crippen LogP contribution is 2.22. The lowest BCUT2D eigenvalue weighted by molar-refractivity contribution is -0.135. The monoisotopic (exact) mass is 382 g/mol. The predicted octanol–water partition coefficient (Wildman–Crippen LogP) is 2.15. The molecule has 2 aromatic rings. The molecule has 148 valence electrons. The number of carbonyl (C=O) groups excluding carboxylic acids is 2. The first-order valence-corrected chi connectivity index (χ1v) is 9.52. The van der Waals surface area contributed by atoms with Crippen molar-refractivity contribution in [2.24, 2.45) is 11.7 Å². The molecule has 28 heavy (non-hydrogen) atoms. The number of aliphatic hydroxyl groups excluding tert-OH is 1. The summed E-state index contributed by atoms with van der Waals surface area (Å²) in [6, 6.07) is 18.7. The van der Waals surface area contributed by atoms with Gasteiger partial charge in [-0.05, 0) is 30.4 Å². The average Bonchev–Trinajstić information content (AvgIpc) is 3.07. The second-order valence-electron chi connectivity index (χ2n) is 7.19. The van der Waals surface area contributed by atoms with Crippen LogP contribution in [-0.4, -0.2) is 47.3 Å². The van der Waals surface area contributed by atoms with E-state index in [1.807, 2.05) is 60.7 Å². The molecular formula is C22H26N2O4. The van der Waals surface area contributed by atoms with Crippen LogP contribution in [0.4, 0.5) is 4.79 Å². The summed E-state index contributed by atoms with van der Waals surface area (Å²) in [5, 5.41) is 9.78. The van der Waals surface area contributed by atoms with Gasteiger partial charge in [0.05, 0.1) is 18.6 Å². The Balaban J connectivity index is 1.65. The van der Waals surface area contributed by atoms with Crippen molar-refractivity contribution >= 4 is 12.0 Å². The van der Waals surface area contributed by atoms with Gasteiger partial charge in [-0.2, -0.15) is 0 Å². The smallest absolute Gasteiger partial charge is 0.416 e. The summed E-state index contributed by atoms with van der Waals surface area (Å²) in [7, 11) is 0. The van der Waals surface area contributed by atoms with Crippen LogP contribution < -0.4 is 5.73 Å². The maximum absolute atomic E-state index is 13.0. The van der Waals surface area contributed by atoms with Gasteiger partial charge < -0.3 is 15.6 Å². The van der Waals surface area contributed by atoms with Gasteiger partial charge >= 0.3 is 6.09 Å². The third kappa shape index (κ3) is 4.97. The molecule has 0 unspecified atom stereocenters. The number of nitrogens with two attached hydrogens (primary N) is 1. The van der Waals surface area contributed by atoms with Crippen LogP contribution in [0, 0.1) is 5.92 Å². The zero-order chi connectivity index (χ0) is 19.9. The molecular weight excluding hydrogens is 356 g/mol. The summed E-state index contributed by atoms with van der Waals surface area (Å²) >= 11 is 0. The molecule has 3 rings (SSSR count). The largest absolute Gasteiger partial charge is 0.447 e.